The van der Waals surface area contributed by atoms with Crippen molar-refractivity contribution in [3.05, 3.63) is 41.2 Å². The van der Waals surface area contributed by atoms with E-state index in [1.807, 2.05) is 38.1 Å². The van der Waals surface area contributed by atoms with Gasteiger partial charge in [0.05, 0.1) is 17.1 Å². The summed E-state index contributed by atoms with van der Waals surface area (Å²) in [6.07, 6.45) is 0.720. The first kappa shape index (κ1) is 11.8. The van der Waals surface area contributed by atoms with Crippen molar-refractivity contribution in [3.8, 4) is 0 Å². The van der Waals surface area contributed by atoms with Crippen molar-refractivity contribution in [2.45, 2.75) is 26.3 Å². The SMILES string of the molecule is Cc1n[nH]c(C)c1NC(=O)[C@@H]1Cc2ccccc2N1. The van der Waals surface area contributed by atoms with Gasteiger partial charge in [0.25, 0.3) is 0 Å². The van der Waals surface area contributed by atoms with Crippen molar-refractivity contribution in [1.82, 2.24) is 10.2 Å². The summed E-state index contributed by atoms with van der Waals surface area (Å²) in [4.78, 5) is 12.3. The monoisotopic (exact) mass is 256 g/mol. The number of benzene rings is 1. The molecule has 1 aliphatic rings. The predicted molar refractivity (Wildman–Crippen MR) is 74.2 cm³/mol. The van der Waals surface area contributed by atoms with Gasteiger partial charge in [-0.05, 0) is 25.5 Å². The lowest BCUT2D eigenvalue weighted by Crippen LogP contribution is -2.33. The summed E-state index contributed by atoms with van der Waals surface area (Å²) in [7, 11) is 0. The van der Waals surface area contributed by atoms with E-state index in [9.17, 15) is 4.79 Å². The number of aromatic amines is 1. The summed E-state index contributed by atoms with van der Waals surface area (Å²) in [6.45, 7) is 3.77. The molecule has 5 nitrogen and oxygen atoms in total. The van der Waals surface area contributed by atoms with Crippen LogP contribution in [0.1, 0.15) is 17.0 Å². The van der Waals surface area contributed by atoms with Crippen LogP contribution >= 0.6 is 0 Å². The molecule has 1 aliphatic heterocycles. The number of rotatable bonds is 2. The number of hydrogen-bond donors (Lipinski definition) is 3. The first-order valence-corrected chi connectivity index (χ1v) is 6.32. The summed E-state index contributed by atoms with van der Waals surface area (Å²) >= 11 is 0. The highest BCUT2D eigenvalue weighted by atomic mass is 16.2. The molecule has 0 spiro atoms. The maximum atomic E-state index is 12.3. The van der Waals surface area contributed by atoms with Crippen molar-refractivity contribution in [3.63, 3.8) is 0 Å². The number of aromatic nitrogens is 2. The first-order valence-electron chi connectivity index (χ1n) is 6.32. The number of para-hydroxylation sites is 1. The Morgan fingerprint density at radius 1 is 1.37 bits per heavy atom. The molecular weight excluding hydrogens is 240 g/mol. The second-order valence-electron chi connectivity index (χ2n) is 4.86. The van der Waals surface area contributed by atoms with Crippen LogP contribution < -0.4 is 10.6 Å². The van der Waals surface area contributed by atoms with Gasteiger partial charge in [-0.1, -0.05) is 18.2 Å². The van der Waals surface area contributed by atoms with Crippen LogP contribution in [0.2, 0.25) is 0 Å². The first-order chi connectivity index (χ1) is 9.15. The zero-order chi connectivity index (χ0) is 13.4. The fourth-order valence-electron chi connectivity index (χ4n) is 2.40. The molecule has 1 amide bonds. The van der Waals surface area contributed by atoms with Gasteiger partial charge in [-0.3, -0.25) is 9.89 Å². The zero-order valence-electron chi connectivity index (χ0n) is 10.9. The van der Waals surface area contributed by atoms with Crippen LogP contribution in [0.3, 0.4) is 0 Å². The van der Waals surface area contributed by atoms with E-state index in [0.717, 1.165) is 29.2 Å². The highest BCUT2D eigenvalue weighted by molar-refractivity contribution is 5.98. The number of H-pyrrole nitrogens is 1. The van der Waals surface area contributed by atoms with Gasteiger partial charge in [0.1, 0.15) is 6.04 Å². The van der Waals surface area contributed by atoms with Gasteiger partial charge < -0.3 is 10.6 Å². The summed E-state index contributed by atoms with van der Waals surface area (Å²) in [5.74, 6) is -0.0243. The maximum absolute atomic E-state index is 12.3. The van der Waals surface area contributed by atoms with Crippen LogP contribution in [-0.4, -0.2) is 22.1 Å². The molecule has 0 radical (unpaired) electrons. The van der Waals surface area contributed by atoms with E-state index < -0.39 is 0 Å². The summed E-state index contributed by atoms with van der Waals surface area (Å²) in [5.41, 5.74) is 4.69. The van der Waals surface area contributed by atoms with Crippen LogP contribution in [0.25, 0.3) is 0 Å². The van der Waals surface area contributed by atoms with E-state index in [2.05, 4.69) is 20.8 Å². The molecule has 19 heavy (non-hydrogen) atoms. The van der Waals surface area contributed by atoms with Crippen molar-refractivity contribution >= 4 is 17.3 Å². The second-order valence-corrected chi connectivity index (χ2v) is 4.86. The molecule has 1 aromatic heterocycles. The van der Waals surface area contributed by atoms with Gasteiger partial charge in [-0.25, -0.2) is 0 Å². The molecule has 2 heterocycles. The van der Waals surface area contributed by atoms with Gasteiger partial charge in [0, 0.05) is 12.1 Å². The minimum Gasteiger partial charge on any atom is -0.373 e. The lowest BCUT2D eigenvalue weighted by molar-refractivity contribution is -0.116. The summed E-state index contributed by atoms with van der Waals surface area (Å²) < 4.78 is 0. The number of carbonyl (C=O) groups excluding carboxylic acids is 1. The lowest BCUT2D eigenvalue weighted by Gasteiger charge is -2.12. The average molecular weight is 256 g/mol. The number of fused-ring (bicyclic) bond motifs is 1. The third kappa shape index (κ3) is 2.07. The Hall–Kier alpha value is -2.30. The van der Waals surface area contributed by atoms with Gasteiger partial charge in [0.2, 0.25) is 5.91 Å². The van der Waals surface area contributed by atoms with Crippen molar-refractivity contribution in [2.75, 3.05) is 10.6 Å². The van der Waals surface area contributed by atoms with Gasteiger partial charge in [-0.2, -0.15) is 5.10 Å². The van der Waals surface area contributed by atoms with E-state index >= 15 is 0 Å². The Balaban J connectivity index is 1.74. The fourth-order valence-corrected chi connectivity index (χ4v) is 2.40. The summed E-state index contributed by atoms with van der Waals surface area (Å²) in [5, 5.41) is 13.1. The third-order valence-corrected chi connectivity index (χ3v) is 3.46. The normalized spacial score (nSPS) is 16.8. The molecule has 1 atom stereocenters. The van der Waals surface area contributed by atoms with Crippen molar-refractivity contribution in [2.24, 2.45) is 0 Å². The van der Waals surface area contributed by atoms with Crippen LogP contribution in [-0.2, 0) is 11.2 Å². The van der Waals surface area contributed by atoms with Crippen molar-refractivity contribution in [1.29, 1.82) is 0 Å². The predicted octanol–water partition coefficient (Wildman–Crippen LogP) is 2.00. The molecule has 0 saturated carbocycles. The minimum atomic E-state index is -0.217. The standard InChI is InChI=1S/C14H16N4O/c1-8-13(9(2)18-17-8)16-14(19)12-7-10-5-3-4-6-11(10)15-12/h3-6,12,15H,7H2,1-2H3,(H,16,19)(H,17,18)/t12-/m0/s1. The van der Waals surface area contributed by atoms with Crippen LogP contribution in [0.4, 0.5) is 11.4 Å². The lowest BCUT2D eigenvalue weighted by atomic mass is 10.1. The molecule has 3 rings (SSSR count). The van der Waals surface area contributed by atoms with Gasteiger partial charge in [-0.15, -0.1) is 0 Å². The highest BCUT2D eigenvalue weighted by Gasteiger charge is 2.27. The van der Waals surface area contributed by atoms with E-state index in [-0.39, 0.29) is 11.9 Å². The Kier molecular flexibility index (Phi) is 2.74. The van der Waals surface area contributed by atoms with E-state index in [4.69, 9.17) is 0 Å². The van der Waals surface area contributed by atoms with Crippen LogP contribution in [0, 0.1) is 13.8 Å². The Morgan fingerprint density at radius 3 is 2.84 bits per heavy atom. The van der Waals surface area contributed by atoms with Crippen molar-refractivity contribution < 1.29 is 4.79 Å². The number of hydrogen-bond acceptors (Lipinski definition) is 3. The molecule has 2 aromatic rings. The molecule has 3 N–H and O–H groups in total. The Morgan fingerprint density at radius 2 is 2.16 bits per heavy atom. The molecule has 5 heteroatoms. The largest absolute Gasteiger partial charge is 0.373 e. The topological polar surface area (TPSA) is 69.8 Å². The third-order valence-electron chi connectivity index (χ3n) is 3.46. The Bertz CT molecular complexity index is 588. The summed E-state index contributed by atoms with van der Waals surface area (Å²) in [6, 6.07) is 7.79. The zero-order valence-corrected chi connectivity index (χ0v) is 10.9. The Labute approximate surface area is 111 Å². The fraction of sp³-hybridized carbons (Fsp3) is 0.286. The number of aryl methyl sites for hydroxylation is 2. The molecule has 1 aromatic carbocycles. The van der Waals surface area contributed by atoms with E-state index in [0.29, 0.717) is 0 Å². The number of nitrogens with one attached hydrogen (secondary N) is 3. The number of nitrogens with zero attached hydrogens (tertiary/aromatic N) is 1. The van der Waals surface area contributed by atoms with Crippen LogP contribution in [0.15, 0.2) is 24.3 Å². The molecule has 0 unspecified atom stereocenters. The average Bonchev–Trinajstić information content (AvgIpc) is 2.97. The molecular formula is C14H16N4O. The molecule has 0 aliphatic carbocycles. The van der Waals surface area contributed by atoms with E-state index in [1.165, 1.54) is 5.56 Å². The van der Waals surface area contributed by atoms with E-state index in [1.54, 1.807) is 0 Å². The quantitative estimate of drug-likeness (QED) is 0.769. The molecule has 0 saturated heterocycles. The number of carbonyl (C=O) groups is 1. The minimum absolute atomic E-state index is 0.0243. The molecule has 98 valence electrons. The molecule has 0 fully saturated rings. The molecule has 0 bridgehead atoms. The van der Waals surface area contributed by atoms with Gasteiger partial charge in [0.15, 0.2) is 0 Å². The number of amides is 1. The van der Waals surface area contributed by atoms with Gasteiger partial charge >= 0.3 is 0 Å². The number of anilines is 2. The van der Waals surface area contributed by atoms with Crippen LogP contribution in [0.5, 0.6) is 0 Å². The maximum Gasteiger partial charge on any atom is 0.247 e. The smallest absolute Gasteiger partial charge is 0.247 e. The second kappa shape index (κ2) is 4.42. The highest BCUT2D eigenvalue weighted by Crippen LogP contribution is 2.26.